The highest BCUT2D eigenvalue weighted by molar-refractivity contribution is 6.06. The number of nitrogens with two attached hydrogens (primary N) is 1. The molecule has 3 rings (SSSR count). The van der Waals surface area contributed by atoms with Gasteiger partial charge in [-0.05, 0) is 18.1 Å². The number of fused-ring (bicyclic) bond motifs is 1. The standard InChI is InChI=1S/C14H14N4O/c1-2-9-5-3-4-6-11(9)18-12(19)7-10-8-16-14(15)17-13(10)18/h3-6,8H,2,7H2,1H3,(H2,15,16,17). The number of hydrogen-bond donors (Lipinski definition) is 1. The first-order valence-corrected chi connectivity index (χ1v) is 6.23. The van der Waals surface area contributed by atoms with Crippen LogP contribution in [0.3, 0.4) is 0 Å². The van der Waals surface area contributed by atoms with E-state index in [-0.39, 0.29) is 11.9 Å². The van der Waals surface area contributed by atoms with Gasteiger partial charge in [-0.2, -0.15) is 4.98 Å². The van der Waals surface area contributed by atoms with Gasteiger partial charge in [0.15, 0.2) is 0 Å². The Morgan fingerprint density at radius 1 is 1.37 bits per heavy atom. The van der Waals surface area contributed by atoms with Crippen molar-refractivity contribution >= 4 is 23.4 Å². The van der Waals surface area contributed by atoms with Gasteiger partial charge in [0.2, 0.25) is 11.9 Å². The Bertz CT molecular complexity index is 654. The molecule has 1 aliphatic heterocycles. The zero-order valence-corrected chi connectivity index (χ0v) is 10.6. The van der Waals surface area contributed by atoms with Crippen LogP contribution in [0.1, 0.15) is 18.1 Å². The van der Waals surface area contributed by atoms with Crippen molar-refractivity contribution in [1.29, 1.82) is 0 Å². The molecule has 0 saturated heterocycles. The molecular formula is C14H14N4O. The molecule has 0 fully saturated rings. The summed E-state index contributed by atoms with van der Waals surface area (Å²) in [7, 11) is 0. The summed E-state index contributed by atoms with van der Waals surface area (Å²) < 4.78 is 0. The summed E-state index contributed by atoms with van der Waals surface area (Å²) in [6, 6.07) is 7.84. The Balaban J connectivity index is 2.16. The Kier molecular flexibility index (Phi) is 2.67. The van der Waals surface area contributed by atoms with Crippen molar-refractivity contribution in [2.45, 2.75) is 19.8 Å². The predicted molar refractivity (Wildman–Crippen MR) is 73.1 cm³/mol. The van der Waals surface area contributed by atoms with Crippen molar-refractivity contribution in [3.63, 3.8) is 0 Å². The number of aromatic nitrogens is 2. The number of anilines is 3. The predicted octanol–water partition coefficient (Wildman–Crippen LogP) is 1.84. The van der Waals surface area contributed by atoms with Crippen molar-refractivity contribution in [3.05, 3.63) is 41.6 Å². The maximum atomic E-state index is 12.2. The lowest BCUT2D eigenvalue weighted by Gasteiger charge is -2.19. The molecule has 2 aromatic rings. The topological polar surface area (TPSA) is 72.1 Å². The zero-order chi connectivity index (χ0) is 13.4. The van der Waals surface area contributed by atoms with Crippen molar-refractivity contribution in [2.24, 2.45) is 0 Å². The summed E-state index contributed by atoms with van der Waals surface area (Å²) in [5, 5.41) is 0. The van der Waals surface area contributed by atoms with Crippen molar-refractivity contribution in [3.8, 4) is 0 Å². The molecule has 1 amide bonds. The molecular weight excluding hydrogens is 240 g/mol. The van der Waals surface area contributed by atoms with Gasteiger partial charge >= 0.3 is 0 Å². The lowest BCUT2D eigenvalue weighted by atomic mass is 10.1. The third kappa shape index (κ3) is 1.83. The fourth-order valence-corrected chi connectivity index (χ4v) is 2.37. The highest BCUT2D eigenvalue weighted by Crippen LogP contribution is 2.35. The van der Waals surface area contributed by atoms with Crippen LogP contribution in [0.25, 0.3) is 0 Å². The summed E-state index contributed by atoms with van der Waals surface area (Å²) in [6.45, 7) is 2.06. The van der Waals surface area contributed by atoms with E-state index in [1.807, 2.05) is 24.3 Å². The number of para-hydroxylation sites is 1. The number of benzene rings is 1. The second-order valence-corrected chi connectivity index (χ2v) is 4.47. The van der Waals surface area contributed by atoms with E-state index in [0.29, 0.717) is 12.2 Å². The summed E-state index contributed by atoms with van der Waals surface area (Å²) >= 11 is 0. The van der Waals surface area contributed by atoms with E-state index in [9.17, 15) is 4.79 Å². The van der Waals surface area contributed by atoms with Gasteiger partial charge in [-0.3, -0.25) is 9.69 Å². The molecule has 19 heavy (non-hydrogen) atoms. The van der Waals surface area contributed by atoms with Crippen molar-refractivity contribution in [2.75, 3.05) is 10.6 Å². The maximum Gasteiger partial charge on any atom is 0.237 e. The summed E-state index contributed by atoms with van der Waals surface area (Å²) in [5.41, 5.74) is 8.44. The first-order valence-electron chi connectivity index (χ1n) is 6.23. The van der Waals surface area contributed by atoms with Gasteiger partial charge < -0.3 is 5.73 Å². The van der Waals surface area contributed by atoms with Crippen molar-refractivity contribution in [1.82, 2.24) is 9.97 Å². The summed E-state index contributed by atoms with van der Waals surface area (Å²) in [5.74, 6) is 0.807. The first-order chi connectivity index (χ1) is 9.20. The molecule has 0 spiro atoms. The Morgan fingerprint density at radius 2 is 2.16 bits per heavy atom. The fraction of sp³-hybridized carbons (Fsp3) is 0.214. The van der Waals surface area contributed by atoms with Crippen LogP contribution in [-0.4, -0.2) is 15.9 Å². The molecule has 96 valence electrons. The Morgan fingerprint density at radius 3 is 2.95 bits per heavy atom. The van der Waals surface area contributed by atoms with Crippen LogP contribution in [0.4, 0.5) is 17.5 Å². The van der Waals surface area contributed by atoms with Crippen LogP contribution in [0.15, 0.2) is 30.5 Å². The minimum absolute atomic E-state index is 0.0100. The van der Waals surface area contributed by atoms with E-state index < -0.39 is 0 Å². The number of hydrogen-bond acceptors (Lipinski definition) is 4. The van der Waals surface area contributed by atoms with Gasteiger partial charge in [-0.25, -0.2) is 4.98 Å². The largest absolute Gasteiger partial charge is 0.368 e. The van der Waals surface area contributed by atoms with E-state index >= 15 is 0 Å². The lowest BCUT2D eigenvalue weighted by molar-refractivity contribution is -0.116. The number of nitrogen functional groups attached to an aromatic ring is 1. The molecule has 0 atom stereocenters. The van der Waals surface area contributed by atoms with E-state index in [2.05, 4.69) is 16.9 Å². The summed E-state index contributed by atoms with van der Waals surface area (Å²) in [6.07, 6.45) is 2.81. The third-order valence-corrected chi connectivity index (χ3v) is 3.28. The maximum absolute atomic E-state index is 12.2. The molecule has 2 heterocycles. The molecule has 1 aliphatic rings. The molecule has 0 unspecified atom stereocenters. The number of amides is 1. The molecule has 0 radical (unpaired) electrons. The highest BCUT2D eigenvalue weighted by Gasteiger charge is 2.31. The van der Waals surface area contributed by atoms with Gasteiger partial charge in [-0.15, -0.1) is 0 Å². The van der Waals surface area contributed by atoms with Crippen LogP contribution < -0.4 is 10.6 Å². The second kappa shape index (κ2) is 4.35. The van der Waals surface area contributed by atoms with Gasteiger partial charge in [-0.1, -0.05) is 25.1 Å². The number of rotatable bonds is 2. The Hall–Kier alpha value is -2.43. The first kappa shape index (κ1) is 11.6. The Labute approximate surface area is 111 Å². The van der Waals surface area contributed by atoms with Crippen LogP contribution in [-0.2, 0) is 17.6 Å². The quantitative estimate of drug-likeness (QED) is 0.887. The van der Waals surface area contributed by atoms with E-state index in [0.717, 1.165) is 23.2 Å². The summed E-state index contributed by atoms with van der Waals surface area (Å²) in [4.78, 5) is 22.0. The SMILES string of the molecule is CCc1ccccc1N1C(=O)Cc2cnc(N)nc21. The van der Waals surface area contributed by atoms with Gasteiger partial charge in [0.25, 0.3) is 0 Å². The second-order valence-electron chi connectivity index (χ2n) is 4.47. The highest BCUT2D eigenvalue weighted by atomic mass is 16.2. The number of aryl methyl sites for hydroxylation is 1. The lowest BCUT2D eigenvalue weighted by Crippen LogP contribution is -2.22. The smallest absolute Gasteiger partial charge is 0.237 e. The molecule has 1 aromatic heterocycles. The number of carbonyl (C=O) groups is 1. The van der Waals surface area contributed by atoms with E-state index in [1.165, 1.54) is 0 Å². The minimum Gasteiger partial charge on any atom is -0.368 e. The van der Waals surface area contributed by atoms with Gasteiger partial charge in [0.1, 0.15) is 5.82 Å². The van der Waals surface area contributed by atoms with E-state index in [1.54, 1.807) is 11.1 Å². The minimum atomic E-state index is 0.0100. The molecule has 0 saturated carbocycles. The molecule has 0 aliphatic carbocycles. The van der Waals surface area contributed by atoms with Crippen molar-refractivity contribution < 1.29 is 4.79 Å². The van der Waals surface area contributed by atoms with Crippen LogP contribution >= 0.6 is 0 Å². The number of nitrogens with zero attached hydrogens (tertiary/aromatic N) is 3. The normalized spacial score (nSPS) is 13.7. The zero-order valence-electron chi connectivity index (χ0n) is 10.6. The number of carbonyl (C=O) groups excluding carboxylic acids is 1. The van der Waals surface area contributed by atoms with Crippen LogP contribution in [0.2, 0.25) is 0 Å². The molecule has 1 aromatic carbocycles. The fourth-order valence-electron chi connectivity index (χ4n) is 2.37. The van der Waals surface area contributed by atoms with Crippen LogP contribution in [0.5, 0.6) is 0 Å². The molecule has 0 bridgehead atoms. The van der Waals surface area contributed by atoms with Gasteiger partial charge in [0.05, 0.1) is 12.1 Å². The average Bonchev–Trinajstić information content (AvgIpc) is 2.74. The molecule has 2 N–H and O–H groups in total. The third-order valence-electron chi connectivity index (χ3n) is 3.28. The van der Waals surface area contributed by atoms with E-state index in [4.69, 9.17) is 5.73 Å². The average molecular weight is 254 g/mol. The van der Waals surface area contributed by atoms with Gasteiger partial charge in [0, 0.05) is 11.8 Å². The van der Waals surface area contributed by atoms with Crippen LogP contribution in [0, 0.1) is 0 Å². The monoisotopic (exact) mass is 254 g/mol. The molecule has 5 nitrogen and oxygen atoms in total. The molecule has 5 heteroatoms.